The average molecular weight is 199 g/mol. The van der Waals surface area contributed by atoms with Crippen molar-refractivity contribution in [1.82, 2.24) is 5.32 Å². The monoisotopic (exact) mass is 199 g/mol. The summed E-state index contributed by atoms with van der Waals surface area (Å²) in [5, 5.41) is 3.45. The van der Waals surface area contributed by atoms with Gasteiger partial charge in [0, 0.05) is 6.04 Å². The Hall–Kier alpha value is -0.570. The number of hydrogen-bond acceptors (Lipinski definition) is 3. The molecule has 0 bridgehead atoms. The van der Waals surface area contributed by atoms with Gasteiger partial charge in [0.2, 0.25) is 0 Å². The third-order valence-electron chi connectivity index (χ3n) is 2.79. The van der Waals surface area contributed by atoms with Gasteiger partial charge in [0.25, 0.3) is 0 Å². The maximum Gasteiger partial charge on any atom is 0.308 e. The van der Waals surface area contributed by atoms with E-state index in [0.29, 0.717) is 12.0 Å². The van der Waals surface area contributed by atoms with Crippen molar-refractivity contribution in [2.75, 3.05) is 13.7 Å². The highest BCUT2D eigenvalue weighted by Crippen LogP contribution is 2.21. The summed E-state index contributed by atoms with van der Waals surface area (Å²) in [4.78, 5) is 11.3. The van der Waals surface area contributed by atoms with Gasteiger partial charge in [0.1, 0.15) is 0 Å². The first-order chi connectivity index (χ1) is 6.63. The van der Waals surface area contributed by atoms with E-state index in [0.717, 1.165) is 25.8 Å². The van der Waals surface area contributed by atoms with Gasteiger partial charge in [-0.1, -0.05) is 13.8 Å². The maximum atomic E-state index is 11.3. The molecule has 3 nitrogen and oxygen atoms in total. The number of carbonyl (C=O) groups excluding carboxylic acids is 1. The molecular weight excluding hydrogens is 178 g/mol. The van der Waals surface area contributed by atoms with Gasteiger partial charge in [-0.05, 0) is 31.7 Å². The van der Waals surface area contributed by atoms with E-state index in [2.05, 4.69) is 19.2 Å². The minimum absolute atomic E-state index is 0.0414. The molecule has 1 rings (SSSR count). The fourth-order valence-electron chi connectivity index (χ4n) is 2.14. The van der Waals surface area contributed by atoms with Crippen molar-refractivity contribution >= 4 is 5.97 Å². The first-order valence-electron chi connectivity index (χ1n) is 5.44. The number of methoxy groups -OCH3 is 1. The second-order valence-electron chi connectivity index (χ2n) is 4.53. The first-order valence-corrected chi connectivity index (χ1v) is 5.44. The summed E-state index contributed by atoms with van der Waals surface area (Å²) in [7, 11) is 1.47. The van der Waals surface area contributed by atoms with Gasteiger partial charge >= 0.3 is 5.97 Å². The molecule has 0 aromatic rings. The second kappa shape index (κ2) is 5.35. The van der Waals surface area contributed by atoms with Crippen LogP contribution in [0.15, 0.2) is 0 Å². The van der Waals surface area contributed by atoms with Gasteiger partial charge in [-0.25, -0.2) is 0 Å². The highest BCUT2D eigenvalue weighted by Gasteiger charge is 2.27. The van der Waals surface area contributed by atoms with Crippen molar-refractivity contribution in [3.8, 4) is 0 Å². The van der Waals surface area contributed by atoms with Gasteiger partial charge in [-0.15, -0.1) is 0 Å². The van der Waals surface area contributed by atoms with Crippen LogP contribution in [0.25, 0.3) is 0 Å². The molecule has 2 unspecified atom stereocenters. The Kier molecular flexibility index (Phi) is 4.39. The van der Waals surface area contributed by atoms with Crippen LogP contribution in [-0.2, 0) is 9.53 Å². The molecule has 0 aliphatic carbocycles. The van der Waals surface area contributed by atoms with Gasteiger partial charge in [-0.3, -0.25) is 4.79 Å². The fourth-order valence-corrected chi connectivity index (χ4v) is 2.14. The molecule has 1 saturated heterocycles. The van der Waals surface area contributed by atoms with Crippen LogP contribution in [0, 0.1) is 11.8 Å². The van der Waals surface area contributed by atoms with Gasteiger partial charge in [0.05, 0.1) is 13.0 Å². The summed E-state index contributed by atoms with van der Waals surface area (Å²) in [6.07, 6.45) is 3.00. The lowest BCUT2D eigenvalue weighted by Gasteiger charge is -2.29. The Morgan fingerprint density at radius 3 is 2.86 bits per heavy atom. The van der Waals surface area contributed by atoms with E-state index >= 15 is 0 Å². The smallest absolute Gasteiger partial charge is 0.308 e. The van der Waals surface area contributed by atoms with Gasteiger partial charge in [0.15, 0.2) is 0 Å². The number of nitrogens with one attached hydrogen (secondary N) is 1. The molecule has 1 aliphatic rings. The molecule has 0 amide bonds. The van der Waals surface area contributed by atoms with Crippen LogP contribution >= 0.6 is 0 Å². The number of rotatable bonds is 3. The summed E-state index contributed by atoms with van der Waals surface area (Å²) in [6, 6.07) is 0.493. The van der Waals surface area contributed by atoms with Crippen molar-refractivity contribution in [2.24, 2.45) is 11.8 Å². The topological polar surface area (TPSA) is 38.3 Å². The molecule has 0 spiro atoms. The van der Waals surface area contributed by atoms with E-state index in [1.54, 1.807) is 0 Å². The first kappa shape index (κ1) is 11.5. The molecule has 1 fully saturated rings. The van der Waals surface area contributed by atoms with E-state index < -0.39 is 0 Å². The summed E-state index contributed by atoms with van der Waals surface area (Å²) >= 11 is 0. The summed E-state index contributed by atoms with van der Waals surface area (Å²) in [5.74, 6) is 0.758. The highest BCUT2D eigenvalue weighted by molar-refractivity contribution is 5.72. The Labute approximate surface area is 86.2 Å². The fraction of sp³-hybridized carbons (Fsp3) is 0.909. The molecule has 1 N–H and O–H groups in total. The van der Waals surface area contributed by atoms with Crippen molar-refractivity contribution in [1.29, 1.82) is 0 Å². The lowest BCUT2D eigenvalue weighted by Crippen LogP contribution is -2.41. The van der Waals surface area contributed by atoms with Crippen LogP contribution in [0.5, 0.6) is 0 Å². The zero-order valence-electron chi connectivity index (χ0n) is 9.38. The minimum atomic E-state index is -0.0414. The number of ether oxygens (including phenoxy) is 1. The number of piperidine rings is 1. The van der Waals surface area contributed by atoms with Crippen LogP contribution < -0.4 is 5.32 Å². The second-order valence-corrected chi connectivity index (χ2v) is 4.53. The summed E-state index contributed by atoms with van der Waals surface area (Å²) in [5.41, 5.74) is 0. The van der Waals surface area contributed by atoms with Gasteiger partial charge < -0.3 is 10.1 Å². The Morgan fingerprint density at radius 1 is 1.57 bits per heavy atom. The van der Waals surface area contributed by atoms with Crippen LogP contribution in [0.1, 0.15) is 33.1 Å². The Bertz CT molecular complexity index is 192. The van der Waals surface area contributed by atoms with E-state index in [-0.39, 0.29) is 11.9 Å². The predicted molar refractivity (Wildman–Crippen MR) is 56.0 cm³/mol. The van der Waals surface area contributed by atoms with Crippen LogP contribution in [-0.4, -0.2) is 25.7 Å². The van der Waals surface area contributed by atoms with Crippen molar-refractivity contribution in [3.63, 3.8) is 0 Å². The van der Waals surface area contributed by atoms with E-state index in [1.165, 1.54) is 7.11 Å². The lowest BCUT2D eigenvalue weighted by atomic mass is 9.88. The SMILES string of the molecule is COC(=O)C1CCNC(CC(C)C)C1. The zero-order chi connectivity index (χ0) is 10.6. The van der Waals surface area contributed by atoms with Crippen molar-refractivity contribution in [2.45, 2.75) is 39.2 Å². The Balaban J connectivity index is 2.39. The lowest BCUT2D eigenvalue weighted by molar-refractivity contribution is -0.146. The molecule has 0 saturated carbocycles. The van der Waals surface area contributed by atoms with Crippen LogP contribution in [0.2, 0.25) is 0 Å². The zero-order valence-corrected chi connectivity index (χ0v) is 9.38. The van der Waals surface area contributed by atoms with Crippen molar-refractivity contribution < 1.29 is 9.53 Å². The summed E-state index contributed by atoms with van der Waals surface area (Å²) in [6.45, 7) is 5.37. The van der Waals surface area contributed by atoms with E-state index in [1.807, 2.05) is 0 Å². The number of carbonyl (C=O) groups is 1. The third kappa shape index (κ3) is 3.29. The van der Waals surface area contributed by atoms with Gasteiger partial charge in [-0.2, -0.15) is 0 Å². The molecule has 82 valence electrons. The minimum Gasteiger partial charge on any atom is -0.469 e. The van der Waals surface area contributed by atoms with Crippen LogP contribution in [0.3, 0.4) is 0 Å². The quantitative estimate of drug-likeness (QED) is 0.701. The summed E-state index contributed by atoms with van der Waals surface area (Å²) < 4.78 is 4.78. The Morgan fingerprint density at radius 2 is 2.29 bits per heavy atom. The molecule has 1 aliphatic heterocycles. The third-order valence-corrected chi connectivity index (χ3v) is 2.79. The molecule has 2 atom stereocenters. The molecular formula is C11H21NO2. The molecule has 3 heteroatoms. The van der Waals surface area contributed by atoms with E-state index in [9.17, 15) is 4.79 Å². The molecule has 1 heterocycles. The normalized spacial score (nSPS) is 27.7. The standard InChI is InChI=1S/C11H21NO2/c1-8(2)6-10-7-9(4-5-12-10)11(13)14-3/h8-10,12H,4-7H2,1-3H3. The molecule has 14 heavy (non-hydrogen) atoms. The maximum absolute atomic E-state index is 11.3. The average Bonchev–Trinajstić information content (AvgIpc) is 2.16. The molecule has 0 aromatic carbocycles. The molecule has 0 radical (unpaired) electrons. The predicted octanol–water partition coefficient (Wildman–Crippen LogP) is 1.57. The van der Waals surface area contributed by atoms with Crippen molar-refractivity contribution in [3.05, 3.63) is 0 Å². The highest BCUT2D eigenvalue weighted by atomic mass is 16.5. The largest absolute Gasteiger partial charge is 0.469 e. The number of hydrogen-bond donors (Lipinski definition) is 1. The number of esters is 1. The van der Waals surface area contributed by atoms with E-state index in [4.69, 9.17) is 4.74 Å². The van der Waals surface area contributed by atoms with Crippen LogP contribution in [0.4, 0.5) is 0 Å². The molecule has 0 aromatic heterocycles.